The number of hydrogen-bond donors (Lipinski definition) is 2. The molecule has 0 saturated heterocycles. The lowest BCUT2D eigenvalue weighted by Crippen LogP contribution is -2.15. The molecule has 0 atom stereocenters. The van der Waals surface area contributed by atoms with E-state index in [1.54, 1.807) is 25.6 Å². The van der Waals surface area contributed by atoms with Crippen LogP contribution in [0.25, 0.3) is 0 Å². The van der Waals surface area contributed by atoms with Crippen molar-refractivity contribution < 1.29 is 14.3 Å². The largest absolute Gasteiger partial charge is 0.497 e. The van der Waals surface area contributed by atoms with Gasteiger partial charge in [0.1, 0.15) is 18.1 Å². The number of pyridine rings is 1. The summed E-state index contributed by atoms with van der Waals surface area (Å²) < 4.78 is 10.8. The van der Waals surface area contributed by atoms with Gasteiger partial charge in [0.05, 0.1) is 18.4 Å². The average Bonchev–Trinajstić information content (AvgIpc) is 2.77. The second kappa shape index (κ2) is 10.1. The van der Waals surface area contributed by atoms with E-state index in [9.17, 15) is 4.79 Å². The zero-order valence-electron chi connectivity index (χ0n) is 16.6. The number of hydrogen-bond acceptors (Lipinski definition) is 5. The molecule has 0 fully saturated rings. The number of amides is 1. The number of ether oxygens (including phenoxy) is 2. The van der Waals surface area contributed by atoms with Crippen LogP contribution in [0.2, 0.25) is 0 Å². The Balaban J connectivity index is 1.52. The number of carbonyl (C=O) groups is 1. The standard InChI is InChI=1S/C23H25N3O3/c1-3-17-6-4-5-7-22(17)26-23(27)18-14-19(16-24-15-18)25-12-13-29-21-10-8-20(28-2)9-11-21/h4-11,14-16,25H,3,12-13H2,1-2H3,(H,26,27). The van der Waals surface area contributed by atoms with Crippen molar-refractivity contribution in [2.75, 3.05) is 30.9 Å². The number of nitrogens with zero attached hydrogens (tertiary/aromatic N) is 1. The van der Waals surface area contributed by atoms with Gasteiger partial charge in [-0.2, -0.15) is 0 Å². The third kappa shape index (κ3) is 5.72. The van der Waals surface area contributed by atoms with Gasteiger partial charge in [0.2, 0.25) is 0 Å². The number of rotatable bonds is 9. The summed E-state index contributed by atoms with van der Waals surface area (Å²) in [6.07, 6.45) is 4.09. The van der Waals surface area contributed by atoms with Crippen molar-refractivity contribution in [2.45, 2.75) is 13.3 Å². The number of carbonyl (C=O) groups excluding carboxylic acids is 1. The van der Waals surface area contributed by atoms with Crippen molar-refractivity contribution in [3.05, 3.63) is 78.1 Å². The summed E-state index contributed by atoms with van der Waals surface area (Å²) in [5.41, 5.74) is 3.18. The van der Waals surface area contributed by atoms with Gasteiger partial charge in [0, 0.05) is 24.6 Å². The predicted octanol–water partition coefficient (Wildman–Crippen LogP) is 4.40. The molecule has 0 aliphatic rings. The fourth-order valence-electron chi connectivity index (χ4n) is 2.84. The molecule has 2 aromatic carbocycles. The van der Waals surface area contributed by atoms with Crippen molar-refractivity contribution in [1.29, 1.82) is 0 Å². The molecular formula is C23H25N3O3. The predicted molar refractivity (Wildman–Crippen MR) is 115 cm³/mol. The number of benzene rings is 2. The first-order chi connectivity index (χ1) is 14.2. The Bertz CT molecular complexity index is 942. The van der Waals surface area contributed by atoms with Gasteiger partial charge < -0.3 is 20.1 Å². The molecule has 0 bridgehead atoms. The molecule has 2 N–H and O–H groups in total. The lowest BCUT2D eigenvalue weighted by molar-refractivity contribution is 0.102. The quantitative estimate of drug-likeness (QED) is 0.529. The van der Waals surface area contributed by atoms with Gasteiger partial charge in [0.15, 0.2) is 0 Å². The van der Waals surface area contributed by atoms with Crippen molar-refractivity contribution >= 4 is 17.3 Å². The monoisotopic (exact) mass is 391 g/mol. The van der Waals surface area contributed by atoms with Crippen LogP contribution in [-0.4, -0.2) is 31.2 Å². The van der Waals surface area contributed by atoms with Crippen LogP contribution in [0.15, 0.2) is 67.0 Å². The first-order valence-electron chi connectivity index (χ1n) is 9.54. The molecule has 0 saturated carbocycles. The summed E-state index contributed by atoms with van der Waals surface area (Å²) in [5.74, 6) is 1.38. The summed E-state index contributed by atoms with van der Waals surface area (Å²) in [6.45, 7) is 3.12. The Morgan fingerprint density at radius 2 is 1.79 bits per heavy atom. The van der Waals surface area contributed by atoms with E-state index in [1.807, 2.05) is 48.5 Å². The van der Waals surface area contributed by atoms with Crippen LogP contribution in [-0.2, 0) is 6.42 Å². The van der Waals surface area contributed by atoms with Crippen LogP contribution in [0.1, 0.15) is 22.8 Å². The molecule has 0 radical (unpaired) electrons. The fourth-order valence-corrected chi connectivity index (χ4v) is 2.84. The van der Waals surface area contributed by atoms with Crippen molar-refractivity contribution in [1.82, 2.24) is 4.98 Å². The molecule has 0 aliphatic heterocycles. The SMILES string of the molecule is CCc1ccccc1NC(=O)c1cncc(NCCOc2ccc(OC)cc2)c1. The van der Waals surface area contributed by atoms with E-state index in [0.29, 0.717) is 18.7 Å². The second-order valence-corrected chi connectivity index (χ2v) is 6.38. The normalized spacial score (nSPS) is 10.3. The molecule has 3 rings (SSSR count). The van der Waals surface area contributed by atoms with Crippen LogP contribution in [0.5, 0.6) is 11.5 Å². The summed E-state index contributed by atoms with van der Waals surface area (Å²) in [5, 5.41) is 6.19. The third-order valence-corrected chi connectivity index (χ3v) is 4.41. The first-order valence-corrected chi connectivity index (χ1v) is 9.54. The first kappa shape index (κ1) is 20.2. The third-order valence-electron chi connectivity index (χ3n) is 4.41. The van der Waals surface area contributed by atoms with Crippen molar-refractivity contribution in [2.24, 2.45) is 0 Å². The zero-order valence-corrected chi connectivity index (χ0v) is 16.6. The molecule has 0 spiro atoms. The van der Waals surface area contributed by atoms with Gasteiger partial charge in [-0.05, 0) is 48.4 Å². The smallest absolute Gasteiger partial charge is 0.257 e. The Kier molecular flexibility index (Phi) is 7.05. The minimum atomic E-state index is -0.184. The van der Waals surface area contributed by atoms with E-state index in [2.05, 4.69) is 22.5 Å². The lowest BCUT2D eigenvalue weighted by Gasteiger charge is -2.11. The van der Waals surface area contributed by atoms with Crippen LogP contribution in [0.4, 0.5) is 11.4 Å². The van der Waals surface area contributed by atoms with Crippen LogP contribution < -0.4 is 20.1 Å². The number of methoxy groups -OCH3 is 1. The Morgan fingerprint density at radius 1 is 1.03 bits per heavy atom. The highest BCUT2D eigenvalue weighted by molar-refractivity contribution is 6.04. The maximum atomic E-state index is 12.6. The minimum Gasteiger partial charge on any atom is -0.497 e. The highest BCUT2D eigenvalue weighted by Gasteiger charge is 2.09. The number of aromatic nitrogens is 1. The van der Waals surface area contributed by atoms with Crippen molar-refractivity contribution in [3.8, 4) is 11.5 Å². The molecule has 29 heavy (non-hydrogen) atoms. The number of para-hydroxylation sites is 1. The summed E-state index contributed by atoms with van der Waals surface area (Å²) in [6, 6.07) is 17.0. The lowest BCUT2D eigenvalue weighted by atomic mass is 10.1. The molecule has 1 heterocycles. The molecule has 1 aromatic heterocycles. The highest BCUT2D eigenvalue weighted by atomic mass is 16.5. The molecule has 150 valence electrons. The Hall–Kier alpha value is -3.54. The van der Waals surface area contributed by atoms with E-state index >= 15 is 0 Å². The van der Waals surface area contributed by atoms with Crippen molar-refractivity contribution in [3.63, 3.8) is 0 Å². The molecule has 1 amide bonds. The maximum Gasteiger partial charge on any atom is 0.257 e. The van der Waals surface area contributed by atoms with Gasteiger partial charge in [-0.25, -0.2) is 0 Å². The van der Waals surface area contributed by atoms with E-state index in [-0.39, 0.29) is 5.91 Å². The number of aryl methyl sites for hydroxylation is 1. The Morgan fingerprint density at radius 3 is 2.55 bits per heavy atom. The molecule has 0 unspecified atom stereocenters. The summed E-state index contributed by atoms with van der Waals surface area (Å²) >= 11 is 0. The topological polar surface area (TPSA) is 72.5 Å². The van der Waals surface area contributed by atoms with Gasteiger partial charge in [-0.1, -0.05) is 25.1 Å². The minimum absolute atomic E-state index is 0.184. The van der Waals surface area contributed by atoms with E-state index in [0.717, 1.165) is 34.9 Å². The van der Waals surface area contributed by atoms with E-state index in [4.69, 9.17) is 9.47 Å². The second-order valence-electron chi connectivity index (χ2n) is 6.38. The fraction of sp³-hybridized carbons (Fsp3) is 0.217. The molecule has 6 heteroatoms. The van der Waals surface area contributed by atoms with Crippen LogP contribution in [0.3, 0.4) is 0 Å². The van der Waals surface area contributed by atoms with Gasteiger partial charge in [0.25, 0.3) is 5.91 Å². The number of anilines is 2. The zero-order chi connectivity index (χ0) is 20.5. The summed E-state index contributed by atoms with van der Waals surface area (Å²) in [4.78, 5) is 16.8. The summed E-state index contributed by atoms with van der Waals surface area (Å²) in [7, 11) is 1.63. The molecule has 6 nitrogen and oxygen atoms in total. The van der Waals surface area contributed by atoms with Crippen LogP contribution >= 0.6 is 0 Å². The van der Waals surface area contributed by atoms with E-state index in [1.165, 1.54) is 0 Å². The number of nitrogens with one attached hydrogen (secondary N) is 2. The van der Waals surface area contributed by atoms with Gasteiger partial charge >= 0.3 is 0 Å². The average molecular weight is 391 g/mol. The molecule has 3 aromatic rings. The van der Waals surface area contributed by atoms with Gasteiger partial charge in [-0.15, -0.1) is 0 Å². The maximum absolute atomic E-state index is 12.6. The molecular weight excluding hydrogens is 366 g/mol. The van der Waals surface area contributed by atoms with E-state index < -0.39 is 0 Å². The molecule has 0 aliphatic carbocycles. The van der Waals surface area contributed by atoms with Gasteiger partial charge in [-0.3, -0.25) is 9.78 Å². The highest BCUT2D eigenvalue weighted by Crippen LogP contribution is 2.18. The van der Waals surface area contributed by atoms with Crippen LogP contribution in [0, 0.1) is 0 Å². The Labute approximate surface area is 170 Å².